The monoisotopic (exact) mass is 411 g/mol. The Bertz CT molecular complexity index is 1090. The van der Waals surface area contributed by atoms with Crippen molar-refractivity contribution in [2.24, 2.45) is 0 Å². The van der Waals surface area contributed by atoms with Crippen molar-refractivity contribution in [2.45, 2.75) is 33.3 Å². The lowest BCUT2D eigenvalue weighted by atomic mass is 10.1. The molecular formula is C20H21N5O5. The second-order valence-corrected chi connectivity index (χ2v) is 7.22. The van der Waals surface area contributed by atoms with Crippen LogP contribution in [0, 0.1) is 13.8 Å². The second-order valence-electron chi connectivity index (χ2n) is 7.22. The summed E-state index contributed by atoms with van der Waals surface area (Å²) in [5, 5.41) is 28.1. The second kappa shape index (κ2) is 7.73. The van der Waals surface area contributed by atoms with Gasteiger partial charge in [-0.25, -0.2) is 9.69 Å². The topological polar surface area (TPSA) is 125 Å². The number of rotatable bonds is 6. The quantitative estimate of drug-likeness (QED) is 0.623. The minimum Gasteiger partial charge on any atom is -0.478 e. The first-order valence-corrected chi connectivity index (χ1v) is 9.34. The summed E-state index contributed by atoms with van der Waals surface area (Å²) in [5.41, 5.74) is 3.01. The van der Waals surface area contributed by atoms with E-state index in [0.29, 0.717) is 23.6 Å². The minimum absolute atomic E-state index is 0.00745. The zero-order valence-corrected chi connectivity index (χ0v) is 16.5. The largest absolute Gasteiger partial charge is 0.478 e. The average Bonchev–Trinajstić information content (AvgIpc) is 3.37. The molecule has 30 heavy (non-hydrogen) atoms. The smallest absolute Gasteiger partial charge is 0.335 e. The molecule has 3 aromatic rings. The fourth-order valence-corrected chi connectivity index (χ4v) is 3.53. The molecule has 156 valence electrons. The van der Waals surface area contributed by atoms with E-state index >= 15 is 0 Å². The van der Waals surface area contributed by atoms with E-state index in [-0.39, 0.29) is 24.6 Å². The molecule has 1 unspecified atom stereocenters. The van der Waals surface area contributed by atoms with Crippen LogP contribution >= 0.6 is 0 Å². The number of hydrogen-bond acceptors (Lipinski definition) is 7. The summed E-state index contributed by atoms with van der Waals surface area (Å²) >= 11 is 0. The normalized spacial score (nSPS) is 17.1. The first kappa shape index (κ1) is 19.8. The Morgan fingerprint density at radius 3 is 2.80 bits per heavy atom. The van der Waals surface area contributed by atoms with Gasteiger partial charge in [0.15, 0.2) is 6.35 Å². The highest BCUT2D eigenvalue weighted by atomic mass is 16.5. The molecule has 0 spiro atoms. The molecule has 0 bridgehead atoms. The minimum atomic E-state index is -1.18. The molecule has 0 saturated carbocycles. The van der Waals surface area contributed by atoms with Gasteiger partial charge in [-0.15, -0.1) is 0 Å². The van der Waals surface area contributed by atoms with Gasteiger partial charge < -0.3 is 14.7 Å². The number of aliphatic hydroxyl groups is 1. The number of aromatic carboxylic acids is 1. The van der Waals surface area contributed by atoms with Gasteiger partial charge in [-0.2, -0.15) is 5.10 Å². The number of aliphatic hydroxyl groups excluding tert-OH is 1. The summed E-state index contributed by atoms with van der Waals surface area (Å²) in [7, 11) is 0. The lowest BCUT2D eigenvalue weighted by molar-refractivity contribution is -0.116. The predicted molar refractivity (Wildman–Crippen MR) is 105 cm³/mol. The molecule has 10 heteroatoms. The molecule has 4 rings (SSSR count). The molecule has 1 saturated heterocycles. The number of aryl methyl sites for hydroxylation is 2. The van der Waals surface area contributed by atoms with Crippen LogP contribution in [0.3, 0.4) is 0 Å². The molecule has 0 aliphatic carbocycles. The Morgan fingerprint density at radius 2 is 2.10 bits per heavy atom. The number of aromatic nitrogens is 3. The number of carbonyl (C=O) groups excluding carboxylic acids is 1. The first-order chi connectivity index (χ1) is 14.3. The number of nitrogens with zero attached hydrogens (tertiary/aromatic N) is 5. The van der Waals surface area contributed by atoms with E-state index in [4.69, 9.17) is 9.63 Å². The molecule has 1 fully saturated rings. The molecule has 10 nitrogen and oxygen atoms in total. The number of benzene rings is 1. The summed E-state index contributed by atoms with van der Waals surface area (Å²) in [6, 6.07) is 6.42. The SMILES string of the molecule is Cc1noc(C)c1Cn1cc(N2C(=O)CN(Cc3cccc(C(=O)O)c3)C2O)cn1. The van der Waals surface area contributed by atoms with Gasteiger partial charge in [0, 0.05) is 18.3 Å². The fourth-order valence-electron chi connectivity index (χ4n) is 3.53. The van der Waals surface area contributed by atoms with Crippen LogP contribution in [0.25, 0.3) is 0 Å². The third-order valence-electron chi connectivity index (χ3n) is 5.12. The highest BCUT2D eigenvalue weighted by molar-refractivity contribution is 5.96. The molecule has 0 radical (unpaired) electrons. The molecule has 2 aromatic heterocycles. The molecule has 1 aliphatic heterocycles. The standard InChI is InChI=1S/C20H21N5O5/c1-12-17(13(2)30-22-12)10-24-9-16(7-21-24)25-18(26)11-23(20(25)29)8-14-4-3-5-15(6-14)19(27)28/h3-7,9,20,29H,8,10-11H2,1-2H3,(H,27,28). The van der Waals surface area contributed by atoms with E-state index in [9.17, 15) is 14.7 Å². The molecule has 3 heterocycles. The number of carbonyl (C=O) groups is 2. The van der Waals surface area contributed by atoms with Gasteiger partial charge in [-0.05, 0) is 31.5 Å². The van der Waals surface area contributed by atoms with Crippen LogP contribution in [0.5, 0.6) is 0 Å². The Labute approximate surface area is 171 Å². The molecular weight excluding hydrogens is 390 g/mol. The van der Waals surface area contributed by atoms with Crippen LogP contribution in [0.2, 0.25) is 0 Å². The van der Waals surface area contributed by atoms with Crippen molar-refractivity contribution in [3.8, 4) is 0 Å². The van der Waals surface area contributed by atoms with Crippen molar-refractivity contribution in [3.05, 3.63) is 64.8 Å². The lowest BCUT2D eigenvalue weighted by Gasteiger charge is -2.24. The van der Waals surface area contributed by atoms with Crippen LogP contribution in [-0.2, 0) is 17.9 Å². The van der Waals surface area contributed by atoms with Gasteiger partial charge in [-0.1, -0.05) is 17.3 Å². The summed E-state index contributed by atoms with van der Waals surface area (Å²) < 4.78 is 6.82. The number of anilines is 1. The summed E-state index contributed by atoms with van der Waals surface area (Å²) in [4.78, 5) is 26.6. The molecule has 1 atom stereocenters. The van der Waals surface area contributed by atoms with Crippen molar-refractivity contribution in [1.82, 2.24) is 19.8 Å². The van der Waals surface area contributed by atoms with Gasteiger partial charge >= 0.3 is 5.97 Å². The zero-order chi connectivity index (χ0) is 21.4. The van der Waals surface area contributed by atoms with E-state index in [0.717, 1.165) is 11.3 Å². The van der Waals surface area contributed by atoms with E-state index in [1.807, 2.05) is 13.8 Å². The average molecular weight is 411 g/mol. The molecule has 2 N–H and O–H groups in total. The molecule has 1 aliphatic rings. The highest BCUT2D eigenvalue weighted by Crippen LogP contribution is 2.25. The maximum atomic E-state index is 12.6. The Balaban J connectivity index is 1.49. The predicted octanol–water partition coefficient (Wildman–Crippen LogP) is 1.36. The maximum absolute atomic E-state index is 12.6. The van der Waals surface area contributed by atoms with Gasteiger partial charge in [-0.3, -0.25) is 14.4 Å². The van der Waals surface area contributed by atoms with E-state index in [1.54, 1.807) is 27.9 Å². The van der Waals surface area contributed by atoms with Crippen molar-refractivity contribution in [1.29, 1.82) is 0 Å². The summed E-state index contributed by atoms with van der Waals surface area (Å²) in [6.07, 6.45) is 2.03. The van der Waals surface area contributed by atoms with Crippen molar-refractivity contribution in [3.63, 3.8) is 0 Å². The highest BCUT2D eigenvalue weighted by Gasteiger charge is 2.38. The number of carboxylic acid groups (broad SMARTS) is 1. The lowest BCUT2D eigenvalue weighted by Crippen LogP contribution is -2.39. The maximum Gasteiger partial charge on any atom is 0.335 e. The van der Waals surface area contributed by atoms with Crippen molar-refractivity contribution >= 4 is 17.6 Å². The number of amides is 1. The summed E-state index contributed by atoms with van der Waals surface area (Å²) in [5.74, 6) is -0.590. The van der Waals surface area contributed by atoms with E-state index in [1.165, 1.54) is 23.2 Å². The third kappa shape index (κ3) is 3.70. The van der Waals surface area contributed by atoms with Gasteiger partial charge in [0.25, 0.3) is 0 Å². The van der Waals surface area contributed by atoms with Crippen LogP contribution in [-0.4, -0.2) is 54.8 Å². The van der Waals surface area contributed by atoms with E-state index in [2.05, 4.69) is 10.3 Å². The van der Waals surface area contributed by atoms with E-state index < -0.39 is 12.3 Å². The Morgan fingerprint density at radius 1 is 1.30 bits per heavy atom. The van der Waals surface area contributed by atoms with Crippen LogP contribution in [0.15, 0.2) is 41.2 Å². The van der Waals surface area contributed by atoms with Gasteiger partial charge in [0.1, 0.15) is 5.76 Å². The van der Waals surface area contributed by atoms with Crippen LogP contribution < -0.4 is 4.90 Å². The van der Waals surface area contributed by atoms with Gasteiger partial charge in [0.2, 0.25) is 5.91 Å². The van der Waals surface area contributed by atoms with Crippen molar-refractivity contribution < 1.29 is 24.3 Å². The first-order valence-electron chi connectivity index (χ1n) is 9.34. The molecule has 1 aromatic carbocycles. The third-order valence-corrected chi connectivity index (χ3v) is 5.12. The Kier molecular flexibility index (Phi) is 5.10. The van der Waals surface area contributed by atoms with Crippen LogP contribution in [0.1, 0.15) is 32.9 Å². The zero-order valence-electron chi connectivity index (χ0n) is 16.5. The number of hydrogen-bond donors (Lipinski definition) is 2. The fraction of sp³-hybridized carbons (Fsp3) is 0.300. The van der Waals surface area contributed by atoms with Crippen molar-refractivity contribution in [2.75, 3.05) is 11.4 Å². The summed E-state index contributed by atoms with van der Waals surface area (Å²) in [6.45, 7) is 4.35. The molecule has 1 amide bonds. The Hall–Kier alpha value is -3.50. The van der Waals surface area contributed by atoms with Crippen LogP contribution in [0.4, 0.5) is 5.69 Å². The van der Waals surface area contributed by atoms with Gasteiger partial charge in [0.05, 0.1) is 36.2 Å². The number of carboxylic acids is 1.